The van der Waals surface area contributed by atoms with Gasteiger partial charge in [-0.1, -0.05) is 78.3 Å². The summed E-state index contributed by atoms with van der Waals surface area (Å²) in [5.41, 5.74) is 4.30. The second-order valence-electron chi connectivity index (χ2n) is 6.56. The van der Waals surface area contributed by atoms with E-state index in [-0.39, 0.29) is 18.3 Å². The molecular weight excluding hydrogens is 335 g/mol. The summed E-state index contributed by atoms with van der Waals surface area (Å²) in [6, 6.07) is 26.2. The molecule has 0 spiro atoms. The second kappa shape index (κ2) is 9.08. The van der Waals surface area contributed by atoms with Crippen LogP contribution >= 0.6 is 0 Å². The van der Waals surface area contributed by atoms with E-state index in [1.54, 1.807) is 0 Å². The van der Waals surface area contributed by atoms with Crippen molar-refractivity contribution in [3.05, 3.63) is 95.6 Å². The molecule has 136 valence electrons. The van der Waals surface area contributed by atoms with E-state index in [1.807, 2.05) is 80.6 Å². The Morgan fingerprint density at radius 3 is 2.30 bits per heavy atom. The van der Waals surface area contributed by atoms with Crippen LogP contribution in [0.1, 0.15) is 29.0 Å². The fraction of sp³-hybridized carbons (Fsp3) is 0.174. The lowest BCUT2D eigenvalue weighted by molar-refractivity contribution is -0.140. The van der Waals surface area contributed by atoms with Crippen LogP contribution in [0, 0.1) is 0 Å². The van der Waals surface area contributed by atoms with Gasteiger partial charge in [0.15, 0.2) is 0 Å². The smallest absolute Gasteiger partial charge is 0.306 e. The normalized spacial score (nSPS) is 11.6. The van der Waals surface area contributed by atoms with E-state index in [4.69, 9.17) is 9.47 Å². The number of hydrogen-bond donors (Lipinski definition) is 0. The van der Waals surface area contributed by atoms with Gasteiger partial charge in [-0.05, 0) is 17.2 Å². The molecule has 0 aromatic heterocycles. The lowest BCUT2D eigenvalue weighted by Gasteiger charge is -2.21. The third-order valence-electron chi connectivity index (χ3n) is 4.58. The first-order valence-corrected chi connectivity index (χ1v) is 9.06. The second-order valence-corrected chi connectivity index (χ2v) is 6.56. The van der Waals surface area contributed by atoms with Gasteiger partial charge in [-0.2, -0.15) is 0 Å². The summed E-state index contributed by atoms with van der Waals surface area (Å²) >= 11 is 0. The minimum absolute atomic E-state index is 0.121. The van der Waals surface area contributed by atoms with Gasteiger partial charge in [0.2, 0.25) is 0 Å². The lowest BCUT2D eigenvalue weighted by atomic mass is 9.84. The van der Waals surface area contributed by atoms with Crippen LogP contribution < -0.4 is 10.2 Å². The van der Waals surface area contributed by atoms with Crippen molar-refractivity contribution in [3.8, 4) is 5.75 Å². The van der Waals surface area contributed by atoms with Crippen molar-refractivity contribution in [1.29, 1.82) is 0 Å². The van der Waals surface area contributed by atoms with Gasteiger partial charge in [-0.3, -0.25) is 4.79 Å². The Kier molecular flexibility index (Phi) is 6.32. The molecule has 3 nitrogen and oxygen atoms in total. The Morgan fingerprint density at radius 2 is 1.63 bits per heavy atom. The van der Waals surface area contributed by atoms with Crippen molar-refractivity contribution in [2.24, 2.45) is 0 Å². The first-order valence-electron chi connectivity index (χ1n) is 9.06. The van der Waals surface area contributed by atoms with Crippen molar-refractivity contribution in [1.82, 2.24) is 0 Å². The highest BCUT2D eigenvalue weighted by Crippen LogP contribution is 2.34. The zero-order chi connectivity index (χ0) is 19.1. The molecule has 3 aromatic carbocycles. The number of hydrogen-bond acceptors (Lipinski definition) is 3. The van der Waals surface area contributed by atoms with Gasteiger partial charge in [-0.25, -0.2) is 0 Å². The van der Waals surface area contributed by atoms with E-state index in [0.717, 1.165) is 27.9 Å². The van der Waals surface area contributed by atoms with E-state index in [9.17, 15) is 4.79 Å². The molecule has 0 amide bonds. The number of ether oxygens (including phenoxy) is 2. The summed E-state index contributed by atoms with van der Waals surface area (Å²) in [4.78, 5) is 12.1. The fourth-order valence-electron chi connectivity index (χ4n) is 3.15. The fourth-order valence-corrected chi connectivity index (χ4v) is 3.15. The van der Waals surface area contributed by atoms with E-state index < -0.39 is 0 Å². The van der Waals surface area contributed by atoms with Crippen LogP contribution in [0.25, 0.3) is 0 Å². The average Bonchev–Trinajstić information content (AvgIpc) is 2.72. The minimum Gasteiger partial charge on any atom is -0.489 e. The molecule has 0 N–H and O–H groups in total. The summed E-state index contributed by atoms with van der Waals surface area (Å²) in [6.07, 6.45) is 0.270. The van der Waals surface area contributed by atoms with Crippen molar-refractivity contribution in [2.45, 2.75) is 18.9 Å². The van der Waals surface area contributed by atoms with Gasteiger partial charge < -0.3 is 9.47 Å². The predicted molar refractivity (Wildman–Crippen MR) is 110 cm³/mol. The summed E-state index contributed by atoms with van der Waals surface area (Å²) in [5, 5.41) is 0. The number of benzene rings is 3. The van der Waals surface area contributed by atoms with Gasteiger partial charge in [0.25, 0.3) is 0 Å². The van der Waals surface area contributed by atoms with E-state index in [2.05, 4.69) is 6.07 Å². The Balaban J connectivity index is 1.95. The topological polar surface area (TPSA) is 35.5 Å². The molecule has 4 heteroatoms. The van der Waals surface area contributed by atoms with Crippen LogP contribution in [-0.4, -0.2) is 20.9 Å². The zero-order valence-corrected chi connectivity index (χ0v) is 15.7. The van der Waals surface area contributed by atoms with Gasteiger partial charge in [0, 0.05) is 11.5 Å². The molecule has 0 heterocycles. The number of rotatable bonds is 7. The highest BCUT2D eigenvalue weighted by Gasteiger charge is 2.22. The van der Waals surface area contributed by atoms with E-state index in [1.165, 1.54) is 7.11 Å². The highest BCUT2D eigenvalue weighted by atomic mass is 16.5. The molecular formula is C23H23BO3. The molecule has 0 aliphatic carbocycles. The monoisotopic (exact) mass is 358 g/mol. The van der Waals surface area contributed by atoms with Crippen molar-refractivity contribution in [2.75, 3.05) is 7.11 Å². The summed E-state index contributed by atoms with van der Waals surface area (Å²) in [5.74, 6) is 0.436. The SMILES string of the molecule is Bc1ccc(OCc2ccccc2)c(C(CC(=O)OC)c2ccccc2)c1. The summed E-state index contributed by atoms with van der Waals surface area (Å²) < 4.78 is 11.1. The number of carbonyl (C=O) groups excluding carboxylic acids is 1. The maximum atomic E-state index is 12.1. The van der Waals surface area contributed by atoms with Crippen LogP contribution in [-0.2, 0) is 16.1 Å². The quantitative estimate of drug-likeness (QED) is 0.481. The van der Waals surface area contributed by atoms with Crippen molar-refractivity contribution >= 4 is 19.3 Å². The third kappa shape index (κ3) is 5.01. The number of esters is 1. The Morgan fingerprint density at radius 1 is 0.963 bits per heavy atom. The standard InChI is InChI=1S/C23H23BO3/c1-26-23(25)15-20(18-10-6-3-7-11-18)21-14-19(24)12-13-22(21)27-16-17-8-4-2-5-9-17/h2-14,20H,15-16,24H2,1H3. The Hall–Kier alpha value is -3.01. The summed E-state index contributed by atoms with van der Waals surface area (Å²) in [7, 11) is 3.47. The van der Waals surface area contributed by atoms with Crippen LogP contribution in [0.15, 0.2) is 78.9 Å². The number of carbonyl (C=O) groups is 1. The molecule has 27 heavy (non-hydrogen) atoms. The largest absolute Gasteiger partial charge is 0.489 e. The van der Waals surface area contributed by atoms with Gasteiger partial charge in [-0.15, -0.1) is 0 Å². The maximum Gasteiger partial charge on any atom is 0.306 e. The molecule has 0 saturated carbocycles. The molecule has 0 aliphatic heterocycles. The zero-order valence-electron chi connectivity index (χ0n) is 15.7. The predicted octanol–water partition coefficient (Wildman–Crippen LogP) is 3.22. The third-order valence-corrected chi connectivity index (χ3v) is 4.58. The van der Waals surface area contributed by atoms with Gasteiger partial charge in [0.1, 0.15) is 20.2 Å². The molecule has 1 unspecified atom stereocenters. The van der Waals surface area contributed by atoms with Crippen LogP contribution in [0.5, 0.6) is 5.75 Å². The van der Waals surface area contributed by atoms with Crippen LogP contribution in [0.4, 0.5) is 0 Å². The Labute approximate surface area is 161 Å². The Bertz CT molecular complexity index is 879. The molecule has 3 aromatic rings. The summed E-state index contributed by atoms with van der Waals surface area (Å²) in [6.45, 7) is 0.483. The lowest BCUT2D eigenvalue weighted by Crippen LogP contribution is -2.14. The van der Waals surface area contributed by atoms with E-state index in [0.29, 0.717) is 6.61 Å². The first-order chi connectivity index (χ1) is 13.2. The molecule has 1 atom stereocenters. The van der Waals surface area contributed by atoms with E-state index >= 15 is 0 Å². The highest BCUT2D eigenvalue weighted by molar-refractivity contribution is 6.32. The molecule has 0 saturated heterocycles. The van der Waals surface area contributed by atoms with Gasteiger partial charge in [0.05, 0.1) is 13.5 Å². The first kappa shape index (κ1) is 18.8. The van der Waals surface area contributed by atoms with Crippen molar-refractivity contribution < 1.29 is 14.3 Å². The minimum atomic E-state index is -0.237. The molecule has 0 aliphatic rings. The van der Waals surface area contributed by atoms with Crippen molar-refractivity contribution in [3.63, 3.8) is 0 Å². The number of methoxy groups -OCH3 is 1. The molecule has 0 radical (unpaired) electrons. The van der Waals surface area contributed by atoms with Gasteiger partial charge >= 0.3 is 5.97 Å². The average molecular weight is 358 g/mol. The molecule has 0 fully saturated rings. The maximum absolute atomic E-state index is 12.1. The molecule has 3 rings (SSSR count). The van der Waals surface area contributed by atoms with Crippen LogP contribution in [0.2, 0.25) is 0 Å². The molecule has 0 bridgehead atoms. The van der Waals surface area contributed by atoms with Crippen LogP contribution in [0.3, 0.4) is 0 Å².